The summed E-state index contributed by atoms with van der Waals surface area (Å²) in [5, 5.41) is 11.5. The van der Waals surface area contributed by atoms with Crippen molar-refractivity contribution >= 4 is 23.6 Å². The molecule has 0 saturated heterocycles. The molecule has 18 heavy (non-hydrogen) atoms. The molecule has 1 aromatic rings. The van der Waals surface area contributed by atoms with Crippen molar-refractivity contribution in [3.05, 3.63) is 30.3 Å². The minimum atomic E-state index is -0.997. The van der Waals surface area contributed by atoms with Crippen LogP contribution in [0.5, 0.6) is 0 Å². The van der Waals surface area contributed by atoms with Gasteiger partial charge in [-0.2, -0.15) is 0 Å². The van der Waals surface area contributed by atoms with E-state index in [9.17, 15) is 9.59 Å². The van der Waals surface area contributed by atoms with Gasteiger partial charge >= 0.3 is 5.97 Å². The van der Waals surface area contributed by atoms with Gasteiger partial charge in [-0.15, -0.1) is 11.8 Å². The number of benzene rings is 1. The van der Waals surface area contributed by atoms with E-state index in [4.69, 9.17) is 5.11 Å². The van der Waals surface area contributed by atoms with Gasteiger partial charge < -0.3 is 10.4 Å². The van der Waals surface area contributed by atoms with Crippen LogP contribution in [-0.4, -0.2) is 28.8 Å². The number of amides is 1. The van der Waals surface area contributed by atoms with Crippen molar-refractivity contribution in [2.24, 2.45) is 5.92 Å². The molecule has 0 spiro atoms. The van der Waals surface area contributed by atoms with Crippen LogP contribution in [0.15, 0.2) is 35.2 Å². The van der Waals surface area contributed by atoms with E-state index in [0.717, 1.165) is 4.90 Å². The summed E-state index contributed by atoms with van der Waals surface area (Å²) in [4.78, 5) is 23.6. The van der Waals surface area contributed by atoms with Crippen LogP contribution < -0.4 is 5.32 Å². The van der Waals surface area contributed by atoms with Gasteiger partial charge in [-0.1, -0.05) is 32.0 Å². The van der Waals surface area contributed by atoms with E-state index >= 15 is 0 Å². The zero-order valence-electron chi connectivity index (χ0n) is 10.4. The summed E-state index contributed by atoms with van der Waals surface area (Å²) < 4.78 is 0. The number of thioether (sulfide) groups is 1. The Balaban J connectivity index is 2.44. The molecule has 2 N–H and O–H groups in total. The minimum absolute atomic E-state index is 0.131. The monoisotopic (exact) mass is 267 g/mol. The quantitative estimate of drug-likeness (QED) is 0.774. The Morgan fingerprint density at radius 1 is 1.28 bits per heavy atom. The van der Waals surface area contributed by atoms with Crippen LogP contribution in [0.2, 0.25) is 0 Å². The molecule has 0 fully saturated rings. The third-order valence-electron chi connectivity index (χ3n) is 2.36. The minimum Gasteiger partial charge on any atom is -0.480 e. The van der Waals surface area contributed by atoms with E-state index in [1.807, 2.05) is 30.3 Å². The highest BCUT2D eigenvalue weighted by Gasteiger charge is 2.23. The summed E-state index contributed by atoms with van der Waals surface area (Å²) in [6, 6.07) is 8.70. The lowest BCUT2D eigenvalue weighted by Gasteiger charge is -2.17. The highest BCUT2D eigenvalue weighted by Crippen LogP contribution is 2.16. The van der Waals surface area contributed by atoms with Crippen molar-refractivity contribution in [3.63, 3.8) is 0 Å². The van der Waals surface area contributed by atoms with Gasteiger partial charge in [-0.05, 0) is 18.1 Å². The first-order chi connectivity index (χ1) is 8.50. The second-order valence-electron chi connectivity index (χ2n) is 4.23. The molecule has 0 radical (unpaired) electrons. The molecule has 5 heteroatoms. The number of hydrogen-bond acceptors (Lipinski definition) is 3. The normalized spacial score (nSPS) is 12.2. The number of aliphatic carboxylic acids is 1. The number of carbonyl (C=O) groups excluding carboxylic acids is 1. The van der Waals surface area contributed by atoms with Crippen molar-refractivity contribution in [2.45, 2.75) is 24.8 Å². The van der Waals surface area contributed by atoms with Crippen LogP contribution in [0.3, 0.4) is 0 Å². The summed E-state index contributed by atoms with van der Waals surface area (Å²) in [6.45, 7) is 3.53. The van der Waals surface area contributed by atoms with Gasteiger partial charge in [0.1, 0.15) is 6.04 Å². The van der Waals surface area contributed by atoms with Crippen LogP contribution in [0.4, 0.5) is 0 Å². The average molecular weight is 267 g/mol. The second-order valence-corrected chi connectivity index (χ2v) is 5.28. The zero-order valence-corrected chi connectivity index (χ0v) is 11.2. The fraction of sp³-hybridized carbons (Fsp3) is 0.385. The molecular weight excluding hydrogens is 250 g/mol. The molecule has 0 heterocycles. The number of carboxylic acids is 1. The maximum absolute atomic E-state index is 11.6. The average Bonchev–Trinajstić information content (AvgIpc) is 2.34. The highest BCUT2D eigenvalue weighted by molar-refractivity contribution is 8.00. The number of nitrogens with one attached hydrogen (secondary N) is 1. The first-order valence-electron chi connectivity index (χ1n) is 5.70. The summed E-state index contributed by atoms with van der Waals surface area (Å²) in [5.74, 6) is -1.17. The predicted octanol–water partition coefficient (Wildman–Crippen LogP) is 2.00. The maximum Gasteiger partial charge on any atom is 0.326 e. The Morgan fingerprint density at radius 3 is 2.39 bits per heavy atom. The van der Waals surface area contributed by atoms with Crippen molar-refractivity contribution in [2.75, 3.05) is 5.75 Å². The smallest absolute Gasteiger partial charge is 0.326 e. The Labute approximate surface area is 111 Å². The third kappa shape index (κ3) is 4.79. The highest BCUT2D eigenvalue weighted by atomic mass is 32.2. The number of carbonyl (C=O) groups is 2. The van der Waals surface area contributed by atoms with Gasteiger partial charge in [0.15, 0.2) is 0 Å². The SMILES string of the molecule is CC(C)[C@H](NC(=O)CSc1ccccc1)C(=O)O. The first kappa shape index (κ1) is 14.6. The van der Waals surface area contributed by atoms with Crippen LogP contribution in [-0.2, 0) is 9.59 Å². The summed E-state index contributed by atoms with van der Waals surface area (Å²) in [7, 11) is 0. The van der Waals surface area contributed by atoms with Crippen molar-refractivity contribution < 1.29 is 14.7 Å². The van der Waals surface area contributed by atoms with Crippen LogP contribution in [0.1, 0.15) is 13.8 Å². The van der Waals surface area contributed by atoms with Crippen LogP contribution in [0.25, 0.3) is 0 Å². The molecule has 1 amide bonds. The Hall–Kier alpha value is -1.49. The molecule has 1 aromatic carbocycles. The molecule has 0 aliphatic carbocycles. The first-order valence-corrected chi connectivity index (χ1v) is 6.69. The Kier molecular flexibility index (Phi) is 5.71. The van der Waals surface area contributed by atoms with E-state index < -0.39 is 12.0 Å². The molecule has 1 rings (SSSR count). The molecular formula is C13H17NO3S. The van der Waals surface area contributed by atoms with Gasteiger partial charge in [0.25, 0.3) is 0 Å². The lowest BCUT2D eigenvalue weighted by molar-refractivity contribution is -0.142. The fourth-order valence-electron chi connectivity index (χ4n) is 1.39. The topological polar surface area (TPSA) is 66.4 Å². The zero-order chi connectivity index (χ0) is 13.5. The molecule has 0 aliphatic heterocycles. The van der Waals surface area contributed by atoms with Crippen LogP contribution >= 0.6 is 11.8 Å². The fourth-order valence-corrected chi connectivity index (χ4v) is 2.12. The van der Waals surface area contributed by atoms with Crippen molar-refractivity contribution in [1.82, 2.24) is 5.32 Å². The molecule has 98 valence electrons. The number of rotatable bonds is 6. The Morgan fingerprint density at radius 2 is 1.89 bits per heavy atom. The second kappa shape index (κ2) is 7.06. The van der Waals surface area contributed by atoms with Crippen molar-refractivity contribution in [3.8, 4) is 0 Å². The summed E-state index contributed by atoms with van der Waals surface area (Å²) in [5.41, 5.74) is 0. The standard InChI is InChI=1S/C13H17NO3S/c1-9(2)12(13(16)17)14-11(15)8-18-10-6-4-3-5-7-10/h3-7,9,12H,8H2,1-2H3,(H,14,15)(H,16,17)/t12-/m0/s1. The van der Waals surface area contributed by atoms with Crippen molar-refractivity contribution in [1.29, 1.82) is 0 Å². The molecule has 4 nitrogen and oxygen atoms in total. The largest absolute Gasteiger partial charge is 0.480 e. The number of hydrogen-bond donors (Lipinski definition) is 2. The van der Waals surface area contributed by atoms with E-state index in [1.54, 1.807) is 13.8 Å². The van der Waals surface area contributed by atoms with Gasteiger partial charge in [0.05, 0.1) is 5.75 Å². The molecule has 0 aromatic heterocycles. The van der Waals surface area contributed by atoms with Gasteiger partial charge in [-0.25, -0.2) is 4.79 Å². The third-order valence-corrected chi connectivity index (χ3v) is 3.37. The maximum atomic E-state index is 11.6. The van der Waals surface area contributed by atoms with Gasteiger partial charge in [-0.3, -0.25) is 4.79 Å². The molecule has 0 saturated carbocycles. The summed E-state index contributed by atoms with van der Waals surface area (Å²) in [6.07, 6.45) is 0. The Bertz CT molecular complexity index is 406. The molecule has 1 atom stereocenters. The molecule has 0 aliphatic rings. The van der Waals surface area contributed by atoms with E-state index in [2.05, 4.69) is 5.32 Å². The molecule has 0 unspecified atom stereocenters. The lowest BCUT2D eigenvalue weighted by atomic mass is 10.1. The molecule has 0 bridgehead atoms. The van der Waals surface area contributed by atoms with Crippen LogP contribution in [0, 0.1) is 5.92 Å². The van der Waals surface area contributed by atoms with E-state index in [1.165, 1.54) is 11.8 Å². The van der Waals surface area contributed by atoms with E-state index in [-0.39, 0.29) is 17.6 Å². The van der Waals surface area contributed by atoms with E-state index in [0.29, 0.717) is 0 Å². The lowest BCUT2D eigenvalue weighted by Crippen LogP contribution is -2.45. The number of carboxylic acid groups (broad SMARTS) is 1. The van der Waals surface area contributed by atoms with Gasteiger partial charge in [0, 0.05) is 4.90 Å². The predicted molar refractivity (Wildman–Crippen MR) is 71.6 cm³/mol. The summed E-state index contributed by atoms with van der Waals surface area (Å²) >= 11 is 1.39. The van der Waals surface area contributed by atoms with Gasteiger partial charge in [0.2, 0.25) is 5.91 Å².